The van der Waals surface area contributed by atoms with Gasteiger partial charge in [0.05, 0.1) is 5.56 Å². The molecule has 0 aliphatic heterocycles. The first-order chi connectivity index (χ1) is 4.30. The third-order valence-corrected chi connectivity index (χ3v) is 1.02. The second-order valence-electron chi connectivity index (χ2n) is 1.67. The van der Waals surface area contributed by atoms with Crippen LogP contribution in [-0.2, 0) is 0 Å². The standard InChI is InChI=1S/C7H6O2.Ba.2H/c8-7(9)6-4-2-1-3-5-6;;;/h1-5H,(H,8,9);;;. The van der Waals surface area contributed by atoms with Gasteiger partial charge in [0.1, 0.15) is 0 Å². The predicted octanol–water partition coefficient (Wildman–Crippen LogP) is 0.469. The SMILES string of the molecule is O=C(O)c1ccccc1.[BaH2]. The average Bonchev–Trinajstić information content (AvgIpc) is 1.90. The van der Waals surface area contributed by atoms with Gasteiger partial charge in [0.25, 0.3) is 0 Å². The zero-order valence-electron chi connectivity index (χ0n) is 4.74. The molecular formula is C7H8BaO2. The molecule has 1 aromatic rings. The molecule has 1 N–H and O–H groups in total. The molecule has 0 heterocycles. The molecule has 0 spiro atoms. The topological polar surface area (TPSA) is 37.3 Å². The number of carboxylic acids is 1. The quantitative estimate of drug-likeness (QED) is 0.746. The summed E-state index contributed by atoms with van der Waals surface area (Å²) < 4.78 is 0. The number of aromatic carboxylic acids is 1. The molecule has 10 heavy (non-hydrogen) atoms. The average molecular weight is 261 g/mol. The van der Waals surface area contributed by atoms with Gasteiger partial charge >= 0.3 is 54.9 Å². The minimum atomic E-state index is -0.879. The molecule has 0 bridgehead atoms. The van der Waals surface area contributed by atoms with Gasteiger partial charge in [0, 0.05) is 0 Å². The van der Waals surface area contributed by atoms with Gasteiger partial charge in [0.2, 0.25) is 0 Å². The number of carbonyl (C=O) groups is 1. The van der Waals surface area contributed by atoms with Gasteiger partial charge in [-0.2, -0.15) is 0 Å². The number of carboxylic acid groups (broad SMARTS) is 1. The molecule has 3 heteroatoms. The Balaban J connectivity index is 0.000000810. The minimum absolute atomic E-state index is 0. The van der Waals surface area contributed by atoms with Gasteiger partial charge in [-0.1, -0.05) is 18.2 Å². The summed E-state index contributed by atoms with van der Waals surface area (Å²) in [5.41, 5.74) is 0.331. The van der Waals surface area contributed by atoms with E-state index in [0.717, 1.165) is 0 Å². The number of rotatable bonds is 1. The van der Waals surface area contributed by atoms with E-state index >= 15 is 0 Å². The normalized spacial score (nSPS) is 8.00. The Kier molecular flexibility index (Phi) is 5.11. The van der Waals surface area contributed by atoms with Crippen LogP contribution in [0.1, 0.15) is 10.4 Å². The molecule has 0 amide bonds. The molecule has 0 aromatic heterocycles. The number of benzene rings is 1. The Morgan fingerprint density at radius 2 is 1.70 bits per heavy atom. The molecule has 0 aliphatic rings. The molecular weight excluding hydrogens is 253 g/mol. The predicted molar refractivity (Wildman–Crippen MR) is 41.9 cm³/mol. The van der Waals surface area contributed by atoms with Gasteiger partial charge in [-0.3, -0.25) is 0 Å². The van der Waals surface area contributed by atoms with Crippen molar-refractivity contribution in [3.8, 4) is 0 Å². The first kappa shape index (κ1) is 10.3. The van der Waals surface area contributed by atoms with Crippen LogP contribution < -0.4 is 0 Å². The van der Waals surface area contributed by atoms with E-state index in [9.17, 15) is 4.79 Å². The van der Waals surface area contributed by atoms with E-state index in [2.05, 4.69) is 0 Å². The monoisotopic (exact) mass is 262 g/mol. The Bertz CT molecular complexity index is 208. The molecule has 0 saturated heterocycles. The van der Waals surface area contributed by atoms with Crippen LogP contribution in [0, 0.1) is 0 Å². The van der Waals surface area contributed by atoms with E-state index < -0.39 is 5.97 Å². The third kappa shape index (κ3) is 2.90. The Hall–Kier alpha value is 0.261. The van der Waals surface area contributed by atoms with Crippen molar-refractivity contribution in [2.24, 2.45) is 0 Å². The van der Waals surface area contributed by atoms with E-state index in [1.165, 1.54) is 0 Å². The Morgan fingerprint density at radius 3 is 2.00 bits per heavy atom. The van der Waals surface area contributed by atoms with Crippen molar-refractivity contribution in [1.29, 1.82) is 0 Å². The van der Waals surface area contributed by atoms with Crippen LogP contribution in [0.5, 0.6) is 0 Å². The van der Waals surface area contributed by atoms with Crippen LogP contribution in [0.15, 0.2) is 30.3 Å². The second kappa shape index (κ2) is 4.98. The van der Waals surface area contributed by atoms with Gasteiger partial charge in [-0.15, -0.1) is 0 Å². The summed E-state index contributed by atoms with van der Waals surface area (Å²) >= 11 is 0. The second-order valence-corrected chi connectivity index (χ2v) is 1.67. The Morgan fingerprint density at radius 1 is 1.20 bits per heavy atom. The molecule has 0 saturated carbocycles. The van der Waals surface area contributed by atoms with Gasteiger partial charge in [-0.25, -0.2) is 4.79 Å². The summed E-state index contributed by atoms with van der Waals surface area (Å²) in [6.07, 6.45) is 0. The van der Waals surface area contributed by atoms with Crippen LogP contribution in [-0.4, -0.2) is 60.0 Å². The maximum atomic E-state index is 10.2. The third-order valence-electron chi connectivity index (χ3n) is 1.02. The van der Waals surface area contributed by atoms with E-state index in [1.54, 1.807) is 30.3 Å². The molecule has 1 rings (SSSR count). The van der Waals surface area contributed by atoms with Crippen LogP contribution in [0.2, 0.25) is 0 Å². The van der Waals surface area contributed by atoms with E-state index in [1.807, 2.05) is 0 Å². The van der Waals surface area contributed by atoms with Crippen molar-refractivity contribution in [1.82, 2.24) is 0 Å². The summed E-state index contributed by atoms with van der Waals surface area (Å²) in [4.78, 5) is 10.2. The molecule has 1 aromatic carbocycles. The molecule has 0 unspecified atom stereocenters. The zero-order chi connectivity index (χ0) is 6.69. The molecule has 0 aliphatic carbocycles. The molecule has 0 radical (unpaired) electrons. The summed E-state index contributed by atoms with van der Waals surface area (Å²) in [5, 5.41) is 8.38. The van der Waals surface area contributed by atoms with Crippen molar-refractivity contribution in [3.05, 3.63) is 35.9 Å². The summed E-state index contributed by atoms with van der Waals surface area (Å²) in [6.45, 7) is 0. The van der Waals surface area contributed by atoms with Crippen LogP contribution in [0.3, 0.4) is 0 Å². The van der Waals surface area contributed by atoms with Crippen LogP contribution in [0.4, 0.5) is 0 Å². The van der Waals surface area contributed by atoms with E-state index in [4.69, 9.17) is 5.11 Å². The molecule has 50 valence electrons. The molecule has 0 fully saturated rings. The van der Waals surface area contributed by atoms with Crippen molar-refractivity contribution < 1.29 is 9.90 Å². The fourth-order valence-electron chi connectivity index (χ4n) is 0.581. The molecule has 0 atom stereocenters. The summed E-state index contributed by atoms with van der Waals surface area (Å²) in [7, 11) is 0. The summed E-state index contributed by atoms with van der Waals surface area (Å²) in [6, 6.07) is 8.30. The summed E-state index contributed by atoms with van der Waals surface area (Å²) in [5.74, 6) is -0.879. The van der Waals surface area contributed by atoms with Crippen molar-refractivity contribution >= 4 is 54.9 Å². The van der Waals surface area contributed by atoms with Crippen molar-refractivity contribution in [2.45, 2.75) is 0 Å². The van der Waals surface area contributed by atoms with Gasteiger partial charge in [-0.05, 0) is 12.1 Å². The first-order valence-electron chi connectivity index (χ1n) is 2.59. The van der Waals surface area contributed by atoms with Crippen LogP contribution >= 0.6 is 0 Å². The van der Waals surface area contributed by atoms with Crippen molar-refractivity contribution in [3.63, 3.8) is 0 Å². The van der Waals surface area contributed by atoms with Gasteiger partial charge < -0.3 is 5.11 Å². The van der Waals surface area contributed by atoms with E-state index in [-0.39, 0.29) is 48.9 Å². The fourth-order valence-corrected chi connectivity index (χ4v) is 0.581. The first-order valence-corrected chi connectivity index (χ1v) is 2.59. The zero-order valence-corrected chi connectivity index (χ0v) is 4.74. The van der Waals surface area contributed by atoms with Crippen LogP contribution in [0.25, 0.3) is 0 Å². The maximum absolute atomic E-state index is 10.2. The number of hydrogen-bond acceptors (Lipinski definition) is 1. The van der Waals surface area contributed by atoms with Crippen molar-refractivity contribution in [2.75, 3.05) is 0 Å². The Labute approximate surface area is 99.3 Å². The van der Waals surface area contributed by atoms with E-state index in [0.29, 0.717) is 5.56 Å². The van der Waals surface area contributed by atoms with Gasteiger partial charge in [0.15, 0.2) is 0 Å². The molecule has 2 nitrogen and oxygen atoms in total. The fraction of sp³-hybridized carbons (Fsp3) is 0. The number of hydrogen-bond donors (Lipinski definition) is 1.